The molecule has 0 bridgehead atoms. The molecule has 1 unspecified atom stereocenters. The Labute approximate surface area is 118 Å². The highest BCUT2D eigenvalue weighted by atomic mass is 35.5. The van der Waals surface area contributed by atoms with Crippen molar-refractivity contribution in [3.63, 3.8) is 0 Å². The number of alkyl carbamates (subject to hydrolysis) is 1. The molecule has 0 aromatic heterocycles. The average Bonchev–Trinajstić information content (AvgIpc) is 2.25. The Morgan fingerprint density at radius 1 is 1.32 bits per heavy atom. The number of benzene rings is 1. The van der Waals surface area contributed by atoms with Crippen LogP contribution in [0.3, 0.4) is 0 Å². The van der Waals surface area contributed by atoms with Gasteiger partial charge in [0, 0.05) is 10.6 Å². The van der Waals surface area contributed by atoms with E-state index < -0.39 is 17.7 Å². The molecular weight excluding hydrogens is 266 g/mol. The molecule has 4 nitrogen and oxygen atoms in total. The zero-order chi connectivity index (χ0) is 14.6. The van der Waals surface area contributed by atoms with Crippen LogP contribution in [0.2, 0.25) is 5.02 Å². The first kappa shape index (κ1) is 15.5. The Morgan fingerprint density at radius 2 is 1.95 bits per heavy atom. The fraction of sp³-hybridized carbons (Fsp3) is 0.429. The summed E-state index contributed by atoms with van der Waals surface area (Å²) >= 11 is 5.82. The smallest absolute Gasteiger partial charge is 0.408 e. The molecule has 0 aliphatic heterocycles. The Kier molecular flexibility index (Phi) is 4.95. The molecule has 1 rings (SSSR count). The largest absolute Gasteiger partial charge is 0.444 e. The number of ketones is 1. The molecule has 0 spiro atoms. The van der Waals surface area contributed by atoms with E-state index in [-0.39, 0.29) is 5.78 Å². The molecule has 0 fully saturated rings. The van der Waals surface area contributed by atoms with Crippen LogP contribution in [0.1, 0.15) is 38.1 Å². The summed E-state index contributed by atoms with van der Waals surface area (Å²) in [7, 11) is 0. The number of hydrogen-bond acceptors (Lipinski definition) is 3. The molecule has 1 amide bonds. The van der Waals surface area contributed by atoms with E-state index in [1.807, 2.05) is 0 Å². The highest BCUT2D eigenvalue weighted by molar-refractivity contribution is 6.31. The Balaban J connectivity index is 2.66. The van der Waals surface area contributed by atoms with Crippen LogP contribution in [0.15, 0.2) is 24.3 Å². The molecular formula is C14H18ClNO3. The van der Waals surface area contributed by atoms with E-state index in [0.717, 1.165) is 0 Å². The Morgan fingerprint density at radius 3 is 2.47 bits per heavy atom. The summed E-state index contributed by atoms with van der Waals surface area (Å²) in [5.74, 6) is -0.214. The number of halogens is 1. The number of amides is 1. The van der Waals surface area contributed by atoms with E-state index in [4.69, 9.17) is 16.3 Å². The van der Waals surface area contributed by atoms with Crippen LogP contribution in [0, 0.1) is 0 Å². The summed E-state index contributed by atoms with van der Waals surface area (Å²) in [6.45, 7) is 6.88. The molecule has 0 radical (unpaired) electrons. The summed E-state index contributed by atoms with van der Waals surface area (Å²) in [5.41, 5.74) is -0.140. The van der Waals surface area contributed by atoms with Gasteiger partial charge in [-0.25, -0.2) is 4.79 Å². The fourth-order valence-corrected chi connectivity index (χ4v) is 1.63. The Hall–Kier alpha value is -1.55. The monoisotopic (exact) mass is 283 g/mol. The van der Waals surface area contributed by atoms with Gasteiger partial charge in [-0.3, -0.25) is 4.79 Å². The molecule has 0 saturated heterocycles. The minimum Gasteiger partial charge on any atom is -0.444 e. The van der Waals surface area contributed by atoms with Crippen LogP contribution in [0.4, 0.5) is 4.79 Å². The summed E-state index contributed by atoms with van der Waals surface area (Å²) in [6, 6.07) is 5.92. The van der Waals surface area contributed by atoms with Crippen molar-refractivity contribution in [2.45, 2.75) is 39.3 Å². The van der Waals surface area contributed by atoms with Gasteiger partial charge in [0.1, 0.15) is 5.60 Å². The molecule has 0 saturated carbocycles. The van der Waals surface area contributed by atoms with Gasteiger partial charge in [0.2, 0.25) is 0 Å². The highest BCUT2D eigenvalue weighted by Gasteiger charge is 2.21. The first-order chi connectivity index (χ1) is 8.69. The molecule has 5 heteroatoms. The van der Waals surface area contributed by atoms with Crippen molar-refractivity contribution in [3.05, 3.63) is 34.9 Å². The standard InChI is InChI=1S/C14H18ClNO3/c1-9(16-13(18)19-14(2,3)4)12(17)10-6-5-7-11(15)8-10/h5-9H,1-4H3,(H,16,18). The maximum atomic E-state index is 12.1. The first-order valence-corrected chi connectivity index (χ1v) is 6.36. The lowest BCUT2D eigenvalue weighted by molar-refractivity contribution is 0.0497. The van der Waals surface area contributed by atoms with Crippen LogP contribution < -0.4 is 5.32 Å². The van der Waals surface area contributed by atoms with E-state index in [0.29, 0.717) is 10.6 Å². The molecule has 1 N–H and O–H groups in total. The van der Waals surface area contributed by atoms with E-state index in [9.17, 15) is 9.59 Å². The molecule has 1 atom stereocenters. The number of nitrogens with one attached hydrogen (secondary N) is 1. The normalized spacial score (nSPS) is 12.7. The summed E-state index contributed by atoms with van der Waals surface area (Å²) < 4.78 is 5.09. The lowest BCUT2D eigenvalue weighted by Crippen LogP contribution is -2.41. The zero-order valence-corrected chi connectivity index (χ0v) is 12.2. The van der Waals surface area contributed by atoms with Crippen molar-refractivity contribution in [2.24, 2.45) is 0 Å². The maximum absolute atomic E-state index is 12.1. The maximum Gasteiger partial charge on any atom is 0.408 e. The van der Waals surface area contributed by atoms with Crippen molar-refractivity contribution in [1.29, 1.82) is 0 Å². The topological polar surface area (TPSA) is 55.4 Å². The number of hydrogen-bond donors (Lipinski definition) is 1. The van der Waals surface area contributed by atoms with E-state index in [1.54, 1.807) is 52.0 Å². The number of rotatable bonds is 3. The lowest BCUT2D eigenvalue weighted by Gasteiger charge is -2.21. The van der Waals surface area contributed by atoms with Crippen molar-refractivity contribution < 1.29 is 14.3 Å². The van der Waals surface area contributed by atoms with Crippen LogP contribution in [-0.2, 0) is 4.74 Å². The average molecular weight is 284 g/mol. The van der Waals surface area contributed by atoms with E-state index in [2.05, 4.69) is 5.32 Å². The van der Waals surface area contributed by atoms with Crippen LogP contribution in [0.5, 0.6) is 0 Å². The third-order valence-corrected chi connectivity index (χ3v) is 2.47. The molecule has 0 aliphatic rings. The number of Topliss-reactive ketones (excluding diaryl/α,β-unsaturated/α-hetero) is 1. The van der Waals surface area contributed by atoms with Crippen molar-refractivity contribution in [3.8, 4) is 0 Å². The van der Waals surface area contributed by atoms with Gasteiger partial charge in [-0.1, -0.05) is 23.7 Å². The van der Waals surface area contributed by atoms with Gasteiger partial charge in [-0.05, 0) is 39.8 Å². The second kappa shape index (κ2) is 6.06. The van der Waals surface area contributed by atoms with Gasteiger partial charge >= 0.3 is 6.09 Å². The third-order valence-electron chi connectivity index (χ3n) is 2.24. The van der Waals surface area contributed by atoms with Gasteiger partial charge in [0.25, 0.3) is 0 Å². The SMILES string of the molecule is CC(NC(=O)OC(C)(C)C)C(=O)c1cccc(Cl)c1. The molecule has 1 aromatic carbocycles. The Bertz CT molecular complexity index is 480. The van der Waals surface area contributed by atoms with Crippen LogP contribution >= 0.6 is 11.6 Å². The van der Waals surface area contributed by atoms with E-state index >= 15 is 0 Å². The number of carbonyl (C=O) groups is 2. The predicted octanol–water partition coefficient (Wildman–Crippen LogP) is 3.44. The number of ether oxygens (including phenoxy) is 1. The molecule has 19 heavy (non-hydrogen) atoms. The molecule has 1 aromatic rings. The minimum absolute atomic E-state index is 0.214. The molecule has 104 valence electrons. The summed E-state index contributed by atoms with van der Waals surface area (Å²) in [5, 5.41) is 2.98. The van der Waals surface area contributed by atoms with Gasteiger partial charge in [-0.15, -0.1) is 0 Å². The quantitative estimate of drug-likeness (QED) is 0.865. The second-order valence-corrected chi connectivity index (χ2v) is 5.68. The lowest BCUT2D eigenvalue weighted by atomic mass is 10.1. The van der Waals surface area contributed by atoms with Gasteiger partial charge < -0.3 is 10.1 Å². The van der Waals surface area contributed by atoms with Gasteiger partial charge in [0.05, 0.1) is 6.04 Å². The van der Waals surface area contributed by atoms with E-state index in [1.165, 1.54) is 0 Å². The van der Waals surface area contributed by atoms with Crippen LogP contribution in [0.25, 0.3) is 0 Å². The minimum atomic E-state index is -0.673. The molecule has 0 heterocycles. The van der Waals surface area contributed by atoms with Crippen molar-refractivity contribution >= 4 is 23.5 Å². The molecule has 0 aliphatic carbocycles. The summed E-state index contributed by atoms with van der Waals surface area (Å²) in [4.78, 5) is 23.6. The van der Waals surface area contributed by atoms with Crippen molar-refractivity contribution in [1.82, 2.24) is 5.32 Å². The second-order valence-electron chi connectivity index (χ2n) is 5.24. The zero-order valence-electron chi connectivity index (χ0n) is 11.5. The third kappa shape index (κ3) is 5.30. The fourth-order valence-electron chi connectivity index (χ4n) is 1.44. The van der Waals surface area contributed by atoms with Crippen LogP contribution in [-0.4, -0.2) is 23.5 Å². The number of carbonyl (C=O) groups excluding carboxylic acids is 2. The van der Waals surface area contributed by atoms with Gasteiger partial charge in [-0.2, -0.15) is 0 Å². The van der Waals surface area contributed by atoms with Gasteiger partial charge in [0.15, 0.2) is 5.78 Å². The van der Waals surface area contributed by atoms with Crippen molar-refractivity contribution in [2.75, 3.05) is 0 Å². The first-order valence-electron chi connectivity index (χ1n) is 5.98. The predicted molar refractivity (Wildman–Crippen MR) is 74.6 cm³/mol. The summed E-state index contributed by atoms with van der Waals surface area (Å²) in [6.07, 6.45) is -0.615. The highest BCUT2D eigenvalue weighted by Crippen LogP contribution is 2.13.